The van der Waals surface area contributed by atoms with E-state index in [1.54, 1.807) is 0 Å². The first-order chi connectivity index (χ1) is 8.04. The Morgan fingerprint density at radius 2 is 2.12 bits per heavy atom. The second-order valence-electron chi connectivity index (χ2n) is 2.84. The minimum Gasteiger partial charge on any atom is -0.691 e. The third-order valence-electron chi connectivity index (χ3n) is 1.57. The normalized spacial score (nSPS) is 10.9. The van der Waals surface area contributed by atoms with Gasteiger partial charge >= 0.3 is 11.2 Å². The molecule has 9 heteroatoms. The lowest BCUT2D eigenvalue weighted by Gasteiger charge is -2.13. The van der Waals surface area contributed by atoms with Crippen molar-refractivity contribution in [2.24, 2.45) is 0 Å². The summed E-state index contributed by atoms with van der Waals surface area (Å²) in [6.45, 7) is -0.182. The number of rotatable bonds is 9. The topological polar surface area (TPSA) is 91.6 Å². The average molecular weight is 270 g/mol. The smallest absolute Gasteiger partial charge is 0.415 e. The van der Waals surface area contributed by atoms with Gasteiger partial charge in [0, 0.05) is 6.42 Å². The Kier molecular flexibility index (Phi) is 8.61. The van der Waals surface area contributed by atoms with Crippen molar-refractivity contribution in [1.29, 1.82) is 5.26 Å². The monoisotopic (exact) mass is 270 g/mol. The lowest BCUT2D eigenvalue weighted by atomic mass is 10.2. The molecule has 0 aliphatic carbocycles. The number of hydrogen-bond acceptors (Lipinski definition) is 7. The standard InChI is InChI=1S/C8H11F2NO5S/c9-8(10,17-16-15-13)7(12)14-6-4-2-1-3-5-11/h13H,1-4,6H2/p-1. The van der Waals surface area contributed by atoms with Crippen LogP contribution < -0.4 is 5.26 Å². The molecule has 0 aromatic carbocycles. The van der Waals surface area contributed by atoms with E-state index in [1.807, 2.05) is 6.07 Å². The molecule has 0 saturated heterocycles. The fourth-order valence-corrected chi connectivity index (χ4v) is 1.06. The summed E-state index contributed by atoms with van der Waals surface area (Å²) in [4.78, 5) is 10.8. The van der Waals surface area contributed by atoms with Crippen LogP contribution in [0.5, 0.6) is 0 Å². The van der Waals surface area contributed by atoms with Gasteiger partial charge < -0.3 is 9.99 Å². The summed E-state index contributed by atoms with van der Waals surface area (Å²) in [5, 5.41) is 16.2. The molecule has 0 radical (unpaired) electrons. The van der Waals surface area contributed by atoms with Gasteiger partial charge in [0.1, 0.15) is 12.0 Å². The lowest BCUT2D eigenvalue weighted by Crippen LogP contribution is -2.28. The molecule has 0 aliphatic heterocycles. The van der Waals surface area contributed by atoms with Crippen LogP contribution in [-0.2, 0) is 18.9 Å². The van der Waals surface area contributed by atoms with Crippen molar-refractivity contribution in [2.45, 2.75) is 30.9 Å². The molecule has 0 heterocycles. The first-order valence-electron chi connectivity index (χ1n) is 4.61. The minimum atomic E-state index is -3.99. The summed E-state index contributed by atoms with van der Waals surface area (Å²) < 4.78 is 33.1. The zero-order valence-electron chi connectivity index (χ0n) is 8.69. The number of halogens is 2. The van der Waals surface area contributed by atoms with Gasteiger partial charge in [-0.3, -0.25) is 5.04 Å². The number of carbonyl (C=O) groups excluding carboxylic acids is 1. The van der Waals surface area contributed by atoms with Crippen molar-refractivity contribution in [2.75, 3.05) is 6.61 Å². The van der Waals surface area contributed by atoms with Gasteiger partial charge in [-0.05, 0) is 19.3 Å². The van der Waals surface area contributed by atoms with Gasteiger partial charge in [0.15, 0.2) is 0 Å². The van der Waals surface area contributed by atoms with Crippen LogP contribution in [0.1, 0.15) is 25.7 Å². The van der Waals surface area contributed by atoms with E-state index in [2.05, 4.69) is 14.1 Å². The molecule has 0 amide bonds. The first kappa shape index (κ1) is 16.1. The maximum absolute atomic E-state index is 12.7. The van der Waals surface area contributed by atoms with E-state index >= 15 is 0 Å². The molecular formula is C8H10F2NO5S-. The number of carbonyl (C=O) groups is 1. The Balaban J connectivity index is 3.67. The van der Waals surface area contributed by atoms with E-state index in [0.717, 1.165) is 0 Å². The zero-order chi connectivity index (χ0) is 13.1. The molecule has 0 N–H and O–H groups in total. The Morgan fingerprint density at radius 3 is 2.71 bits per heavy atom. The highest BCUT2D eigenvalue weighted by atomic mass is 32.2. The molecule has 0 bridgehead atoms. The molecule has 0 unspecified atom stereocenters. The van der Waals surface area contributed by atoms with E-state index in [-0.39, 0.29) is 6.61 Å². The maximum atomic E-state index is 12.7. The number of esters is 1. The van der Waals surface area contributed by atoms with Crippen molar-refractivity contribution in [3.63, 3.8) is 0 Å². The zero-order valence-corrected chi connectivity index (χ0v) is 9.50. The predicted octanol–water partition coefficient (Wildman–Crippen LogP) is 1.08. The van der Waals surface area contributed by atoms with Crippen molar-refractivity contribution < 1.29 is 32.9 Å². The molecule has 0 saturated carbocycles. The Labute approximate surface area is 101 Å². The number of alkyl halides is 2. The van der Waals surface area contributed by atoms with E-state index < -0.39 is 23.3 Å². The summed E-state index contributed by atoms with van der Waals surface area (Å²) in [5.74, 6) is -1.81. The highest BCUT2D eigenvalue weighted by Gasteiger charge is 2.43. The molecule has 98 valence electrons. The van der Waals surface area contributed by atoms with Gasteiger partial charge in [-0.1, -0.05) is 0 Å². The summed E-state index contributed by atoms with van der Waals surface area (Å²) in [5.41, 5.74) is 0. The SMILES string of the molecule is N#CCCCCCOC(=O)C(F)(F)SOO[O-]. The molecule has 6 nitrogen and oxygen atoms in total. The van der Waals surface area contributed by atoms with E-state index in [4.69, 9.17) is 5.26 Å². The van der Waals surface area contributed by atoms with Crippen LogP contribution in [0, 0.1) is 11.3 Å². The summed E-state index contributed by atoms with van der Waals surface area (Å²) in [6, 6.07) is 1.92. The van der Waals surface area contributed by atoms with Crippen LogP contribution in [0.2, 0.25) is 0 Å². The summed E-state index contributed by atoms with van der Waals surface area (Å²) >= 11 is -0.727. The van der Waals surface area contributed by atoms with Gasteiger partial charge in [-0.2, -0.15) is 18.4 Å². The highest BCUT2D eigenvalue weighted by Crippen LogP contribution is 2.30. The molecule has 0 aromatic rings. The molecule has 17 heavy (non-hydrogen) atoms. The van der Waals surface area contributed by atoms with E-state index in [9.17, 15) is 18.8 Å². The average Bonchev–Trinajstić information content (AvgIpc) is 2.30. The van der Waals surface area contributed by atoms with Gasteiger partial charge in [0.05, 0.1) is 12.7 Å². The van der Waals surface area contributed by atoms with Gasteiger partial charge in [0.2, 0.25) is 0 Å². The second kappa shape index (κ2) is 9.12. The summed E-state index contributed by atoms with van der Waals surface area (Å²) in [6.07, 6.45) is 1.97. The third kappa shape index (κ3) is 7.87. The van der Waals surface area contributed by atoms with Gasteiger partial charge in [0.25, 0.3) is 0 Å². The number of nitrogens with zero attached hydrogens (tertiary/aromatic N) is 1. The third-order valence-corrected chi connectivity index (χ3v) is 2.07. The van der Waals surface area contributed by atoms with Crippen molar-refractivity contribution in [1.82, 2.24) is 0 Å². The molecular weight excluding hydrogens is 260 g/mol. The lowest BCUT2D eigenvalue weighted by molar-refractivity contribution is -0.777. The molecule has 0 aromatic heterocycles. The minimum absolute atomic E-state index is 0.182. The van der Waals surface area contributed by atoms with Crippen LogP contribution in [0.25, 0.3) is 0 Å². The largest absolute Gasteiger partial charge is 0.691 e. The van der Waals surface area contributed by atoms with Crippen molar-refractivity contribution in [3.8, 4) is 6.07 Å². The summed E-state index contributed by atoms with van der Waals surface area (Å²) in [7, 11) is 0. The molecule has 0 rings (SSSR count). The molecule has 0 spiro atoms. The van der Waals surface area contributed by atoms with Crippen molar-refractivity contribution >= 4 is 18.0 Å². The van der Waals surface area contributed by atoms with E-state index in [0.29, 0.717) is 25.7 Å². The van der Waals surface area contributed by atoms with Gasteiger partial charge in [-0.25, -0.2) is 4.79 Å². The number of hydrogen-bond donors (Lipinski definition) is 0. The number of ether oxygens (including phenoxy) is 1. The maximum Gasteiger partial charge on any atom is 0.415 e. The predicted molar refractivity (Wildman–Crippen MR) is 49.7 cm³/mol. The van der Waals surface area contributed by atoms with Crippen LogP contribution in [0.15, 0.2) is 0 Å². The Bertz CT molecular complexity index is 271. The van der Waals surface area contributed by atoms with Crippen LogP contribution >= 0.6 is 12.0 Å². The van der Waals surface area contributed by atoms with E-state index in [1.165, 1.54) is 0 Å². The van der Waals surface area contributed by atoms with Crippen LogP contribution in [0.3, 0.4) is 0 Å². The Hall–Kier alpha value is -0.950. The fourth-order valence-electron chi connectivity index (χ4n) is 0.822. The van der Waals surface area contributed by atoms with Gasteiger partial charge in [-0.15, -0.1) is 0 Å². The molecule has 0 atom stereocenters. The van der Waals surface area contributed by atoms with Crippen LogP contribution in [-0.4, -0.2) is 17.8 Å². The molecule has 0 aliphatic rings. The number of unbranched alkanes of at least 4 members (excludes halogenated alkanes) is 3. The van der Waals surface area contributed by atoms with Crippen LogP contribution in [0.4, 0.5) is 8.78 Å². The fraction of sp³-hybridized carbons (Fsp3) is 0.750. The quantitative estimate of drug-likeness (QED) is 0.203. The number of nitriles is 1. The molecule has 0 fully saturated rings. The Morgan fingerprint density at radius 1 is 1.41 bits per heavy atom. The second-order valence-corrected chi connectivity index (χ2v) is 3.66. The first-order valence-corrected chi connectivity index (χ1v) is 5.35. The van der Waals surface area contributed by atoms with Crippen molar-refractivity contribution in [3.05, 3.63) is 0 Å². The highest BCUT2D eigenvalue weighted by molar-refractivity contribution is 7.96.